The molecule has 4 aromatic rings. The minimum Gasteiger partial charge on any atom is -0.494 e. The first-order valence-corrected chi connectivity index (χ1v) is 13.3. The molecule has 0 unspecified atom stereocenters. The van der Waals surface area contributed by atoms with Crippen LogP contribution in [0.1, 0.15) is 38.8 Å². The van der Waals surface area contributed by atoms with Gasteiger partial charge >= 0.3 is 0 Å². The molecular weight excluding hydrogens is 504 g/mol. The van der Waals surface area contributed by atoms with Crippen LogP contribution in [0, 0.1) is 0 Å². The Morgan fingerprint density at radius 1 is 0.700 bits per heavy atom. The minimum absolute atomic E-state index is 0.111. The Hall–Kier alpha value is -4.62. The number of hydrogen-bond donors (Lipinski definition) is 1. The number of Topliss-reactive ketones (excluding diaryl/α,β-unsaturated/α-hetero) is 1. The number of carbonyl (C=O) groups excluding carboxylic acids is 2. The number of nitrogens with two attached hydrogens (primary N) is 1. The molecule has 0 saturated carbocycles. The molecule has 0 atom stereocenters. The Balaban J connectivity index is 1.39. The van der Waals surface area contributed by atoms with E-state index in [0.29, 0.717) is 36.8 Å². The first kappa shape index (κ1) is 28.4. The van der Waals surface area contributed by atoms with Crippen molar-refractivity contribution in [1.82, 2.24) is 4.90 Å². The highest BCUT2D eigenvalue weighted by atomic mass is 16.5. The third-order valence-corrected chi connectivity index (χ3v) is 6.18. The molecule has 2 N–H and O–H groups in total. The number of rotatable bonds is 15. The second-order valence-electron chi connectivity index (χ2n) is 9.22. The number of primary amides is 1. The van der Waals surface area contributed by atoms with Gasteiger partial charge in [-0.15, -0.1) is 0 Å². The molecule has 4 aromatic carbocycles. The third kappa shape index (κ3) is 8.44. The van der Waals surface area contributed by atoms with Gasteiger partial charge in [0.1, 0.15) is 30.5 Å². The standard InChI is InChI=1S/C33H34N2O5/c1-2-38-28-14-16-29(17-15-28)39-19-20-40-32-18-13-27(21-30(32)33(34)37)31(36)24-35(22-25-9-5-3-6-10-25)23-26-11-7-4-8-12-26/h3-18,21H,2,19-20,22-24H2,1H3,(H2,34,37). The number of carbonyl (C=O) groups is 2. The molecule has 0 saturated heterocycles. The summed E-state index contributed by atoms with van der Waals surface area (Å²) in [6.07, 6.45) is 0. The fourth-order valence-electron chi connectivity index (χ4n) is 4.28. The van der Waals surface area contributed by atoms with Crippen molar-refractivity contribution in [2.45, 2.75) is 20.0 Å². The Morgan fingerprint density at radius 3 is 1.80 bits per heavy atom. The molecule has 7 heteroatoms. The number of ketones is 1. The molecule has 206 valence electrons. The summed E-state index contributed by atoms with van der Waals surface area (Å²) in [5.74, 6) is 0.987. The van der Waals surface area contributed by atoms with Crippen molar-refractivity contribution >= 4 is 11.7 Å². The first-order chi connectivity index (χ1) is 19.5. The van der Waals surface area contributed by atoms with Crippen molar-refractivity contribution in [3.8, 4) is 17.2 Å². The summed E-state index contributed by atoms with van der Waals surface area (Å²) in [6, 6.07) is 32.1. The average Bonchev–Trinajstić information content (AvgIpc) is 2.97. The number of hydrogen-bond acceptors (Lipinski definition) is 6. The van der Waals surface area contributed by atoms with Gasteiger partial charge in [-0.3, -0.25) is 14.5 Å². The average molecular weight is 539 g/mol. The molecule has 0 spiro atoms. The van der Waals surface area contributed by atoms with Gasteiger partial charge in [-0.25, -0.2) is 0 Å². The van der Waals surface area contributed by atoms with Gasteiger partial charge in [0.15, 0.2) is 5.78 Å². The molecule has 0 aliphatic heterocycles. The highest BCUT2D eigenvalue weighted by Gasteiger charge is 2.18. The summed E-state index contributed by atoms with van der Waals surface area (Å²) >= 11 is 0. The predicted octanol–water partition coefficient (Wildman–Crippen LogP) is 5.53. The molecule has 0 bridgehead atoms. The molecule has 0 heterocycles. The van der Waals surface area contributed by atoms with Gasteiger partial charge in [0, 0.05) is 18.7 Å². The summed E-state index contributed by atoms with van der Waals surface area (Å²) in [7, 11) is 0. The maximum absolute atomic E-state index is 13.3. The lowest BCUT2D eigenvalue weighted by Gasteiger charge is -2.22. The molecule has 0 aliphatic carbocycles. The maximum atomic E-state index is 13.3. The zero-order valence-corrected chi connectivity index (χ0v) is 22.6. The van der Waals surface area contributed by atoms with Crippen molar-refractivity contribution in [1.29, 1.82) is 0 Å². The summed E-state index contributed by atoms with van der Waals surface area (Å²) in [6.45, 7) is 4.39. The minimum atomic E-state index is -0.664. The monoisotopic (exact) mass is 538 g/mol. The van der Waals surface area contributed by atoms with Gasteiger partial charge in [0.25, 0.3) is 5.91 Å². The van der Waals surface area contributed by atoms with Crippen LogP contribution >= 0.6 is 0 Å². The normalized spacial score (nSPS) is 10.8. The van der Waals surface area contributed by atoms with E-state index >= 15 is 0 Å². The second kappa shape index (κ2) is 14.5. The van der Waals surface area contributed by atoms with Crippen molar-refractivity contribution in [3.63, 3.8) is 0 Å². The van der Waals surface area contributed by atoms with Crippen LogP contribution in [-0.2, 0) is 13.1 Å². The van der Waals surface area contributed by atoms with Crippen LogP contribution in [-0.4, -0.2) is 43.0 Å². The van der Waals surface area contributed by atoms with E-state index in [-0.39, 0.29) is 31.1 Å². The second-order valence-corrected chi connectivity index (χ2v) is 9.22. The number of amides is 1. The lowest BCUT2D eigenvalue weighted by molar-refractivity contribution is 0.0920. The van der Waals surface area contributed by atoms with Crippen LogP contribution in [0.3, 0.4) is 0 Å². The van der Waals surface area contributed by atoms with E-state index in [4.69, 9.17) is 19.9 Å². The fraction of sp³-hybridized carbons (Fsp3) is 0.212. The van der Waals surface area contributed by atoms with Gasteiger partial charge in [-0.2, -0.15) is 0 Å². The molecule has 7 nitrogen and oxygen atoms in total. The van der Waals surface area contributed by atoms with Gasteiger partial charge < -0.3 is 19.9 Å². The topological polar surface area (TPSA) is 91.1 Å². The molecule has 0 radical (unpaired) electrons. The van der Waals surface area contributed by atoms with Gasteiger partial charge in [0.05, 0.1) is 18.7 Å². The molecule has 4 rings (SSSR count). The Morgan fingerprint density at radius 2 is 1.25 bits per heavy atom. The third-order valence-electron chi connectivity index (χ3n) is 6.18. The quantitative estimate of drug-likeness (QED) is 0.158. The van der Waals surface area contributed by atoms with Crippen LogP contribution in [0.4, 0.5) is 0 Å². The SMILES string of the molecule is CCOc1ccc(OCCOc2ccc(C(=O)CN(Cc3ccccc3)Cc3ccccc3)cc2C(N)=O)cc1. The largest absolute Gasteiger partial charge is 0.494 e. The molecule has 0 aliphatic rings. The lowest BCUT2D eigenvalue weighted by atomic mass is 10.0. The van der Waals surface area contributed by atoms with Gasteiger partial charge in [0.2, 0.25) is 0 Å². The van der Waals surface area contributed by atoms with Crippen LogP contribution < -0.4 is 19.9 Å². The number of benzene rings is 4. The number of ether oxygens (including phenoxy) is 3. The van der Waals surface area contributed by atoms with Crippen LogP contribution in [0.15, 0.2) is 103 Å². The van der Waals surface area contributed by atoms with Crippen LogP contribution in [0.5, 0.6) is 17.2 Å². The summed E-state index contributed by atoms with van der Waals surface area (Å²) in [5, 5.41) is 0. The molecule has 0 fully saturated rings. The Labute approximate surface area is 235 Å². The summed E-state index contributed by atoms with van der Waals surface area (Å²) < 4.78 is 16.9. The van der Waals surface area contributed by atoms with Gasteiger partial charge in [-0.1, -0.05) is 60.7 Å². The molecule has 1 amide bonds. The van der Waals surface area contributed by atoms with Gasteiger partial charge in [-0.05, 0) is 60.5 Å². The summed E-state index contributed by atoms with van der Waals surface area (Å²) in [4.78, 5) is 27.6. The summed E-state index contributed by atoms with van der Waals surface area (Å²) in [5.41, 5.74) is 8.42. The van der Waals surface area contributed by atoms with E-state index in [2.05, 4.69) is 4.90 Å². The van der Waals surface area contributed by atoms with Crippen molar-refractivity contribution in [2.75, 3.05) is 26.4 Å². The predicted molar refractivity (Wildman–Crippen MR) is 155 cm³/mol. The van der Waals surface area contributed by atoms with Crippen molar-refractivity contribution in [2.24, 2.45) is 5.73 Å². The fourth-order valence-corrected chi connectivity index (χ4v) is 4.28. The Kier molecular flexibility index (Phi) is 10.3. The van der Waals surface area contributed by atoms with E-state index in [9.17, 15) is 9.59 Å². The highest BCUT2D eigenvalue weighted by molar-refractivity contribution is 6.02. The zero-order valence-electron chi connectivity index (χ0n) is 22.6. The maximum Gasteiger partial charge on any atom is 0.252 e. The highest BCUT2D eigenvalue weighted by Crippen LogP contribution is 2.22. The van der Waals surface area contributed by atoms with E-state index in [1.54, 1.807) is 12.1 Å². The Bertz CT molecular complexity index is 1330. The smallest absolute Gasteiger partial charge is 0.252 e. The lowest BCUT2D eigenvalue weighted by Crippen LogP contribution is -2.29. The van der Waals surface area contributed by atoms with E-state index in [1.807, 2.05) is 91.9 Å². The first-order valence-electron chi connectivity index (χ1n) is 13.3. The van der Waals surface area contributed by atoms with Crippen molar-refractivity contribution in [3.05, 3.63) is 125 Å². The van der Waals surface area contributed by atoms with Crippen LogP contribution in [0.2, 0.25) is 0 Å². The number of nitrogens with zero attached hydrogens (tertiary/aromatic N) is 1. The zero-order chi connectivity index (χ0) is 28.2. The molecule has 0 aromatic heterocycles. The molecular formula is C33H34N2O5. The van der Waals surface area contributed by atoms with Crippen LogP contribution in [0.25, 0.3) is 0 Å². The van der Waals surface area contributed by atoms with E-state index < -0.39 is 5.91 Å². The van der Waals surface area contributed by atoms with E-state index in [1.165, 1.54) is 6.07 Å². The molecule has 40 heavy (non-hydrogen) atoms. The van der Waals surface area contributed by atoms with Crippen molar-refractivity contribution < 1.29 is 23.8 Å². The van der Waals surface area contributed by atoms with E-state index in [0.717, 1.165) is 16.9 Å².